The lowest BCUT2D eigenvalue weighted by molar-refractivity contribution is -0.140. The average molecular weight is 449 g/mol. The summed E-state index contributed by atoms with van der Waals surface area (Å²) in [5.41, 5.74) is 0.943. The smallest absolute Gasteiger partial charge is 0.242 e. The Kier molecular flexibility index (Phi) is 9.53. The van der Waals surface area contributed by atoms with E-state index in [0.717, 1.165) is 16.2 Å². The molecule has 0 unspecified atom stereocenters. The van der Waals surface area contributed by atoms with Gasteiger partial charge in [0.25, 0.3) is 0 Å². The van der Waals surface area contributed by atoms with E-state index in [1.807, 2.05) is 62.4 Å². The van der Waals surface area contributed by atoms with Crippen molar-refractivity contribution in [3.05, 3.63) is 59.1 Å². The molecule has 0 spiro atoms. The number of hydrogen-bond acceptors (Lipinski definition) is 4. The van der Waals surface area contributed by atoms with Crippen molar-refractivity contribution in [2.45, 2.75) is 50.7 Å². The van der Waals surface area contributed by atoms with Gasteiger partial charge in [-0.05, 0) is 62.7 Å². The molecule has 0 radical (unpaired) electrons. The summed E-state index contributed by atoms with van der Waals surface area (Å²) in [6.45, 7) is 5.94. The molecule has 2 rings (SSSR count). The number of amides is 2. The Morgan fingerprint density at radius 2 is 1.70 bits per heavy atom. The predicted octanol–water partition coefficient (Wildman–Crippen LogP) is 4.77. The van der Waals surface area contributed by atoms with Gasteiger partial charge in [-0.2, -0.15) is 0 Å². The van der Waals surface area contributed by atoms with E-state index in [2.05, 4.69) is 5.32 Å². The van der Waals surface area contributed by atoms with Crippen molar-refractivity contribution < 1.29 is 14.3 Å². The van der Waals surface area contributed by atoms with Crippen molar-refractivity contribution in [3.63, 3.8) is 0 Å². The molecule has 0 saturated heterocycles. The molecule has 1 atom stereocenters. The van der Waals surface area contributed by atoms with Crippen molar-refractivity contribution in [1.29, 1.82) is 0 Å². The SMILES string of the molecule is COc1ccc(CN(C(=O)CCSc2ccc(Cl)cc2)[C@@H](C)C(=O)NC(C)C)cc1. The Morgan fingerprint density at radius 1 is 1.07 bits per heavy atom. The Hall–Kier alpha value is -2.18. The number of hydrogen-bond donors (Lipinski definition) is 1. The fourth-order valence-corrected chi connectivity index (χ4v) is 3.81. The first kappa shape index (κ1) is 24.1. The number of benzene rings is 2. The minimum Gasteiger partial charge on any atom is -0.497 e. The minimum atomic E-state index is -0.567. The van der Waals surface area contributed by atoms with Crippen LogP contribution < -0.4 is 10.1 Å². The highest BCUT2D eigenvalue weighted by Gasteiger charge is 2.26. The Bertz CT molecular complexity index is 825. The number of ether oxygens (including phenoxy) is 1. The Morgan fingerprint density at radius 3 is 2.27 bits per heavy atom. The molecular weight excluding hydrogens is 420 g/mol. The maximum atomic E-state index is 13.0. The lowest BCUT2D eigenvalue weighted by Gasteiger charge is -2.29. The monoisotopic (exact) mass is 448 g/mol. The van der Waals surface area contributed by atoms with Crippen LogP contribution in [0.2, 0.25) is 5.02 Å². The standard InChI is InChI=1S/C23H29ClN2O3S/c1-16(2)25-23(28)17(3)26(15-18-5-9-20(29-4)10-6-18)22(27)13-14-30-21-11-7-19(24)8-12-21/h5-12,16-17H,13-15H2,1-4H3,(H,25,28)/t17-/m0/s1. The fourth-order valence-electron chi connectivity index (χ4n) is 2.85. The van der Waals surface area contributed by atoms with E-state index in [9.17, 15) is 9.59 Å². The van der Waals surface area contributed by atoms with Crippen LogP contribution >= 0.6 is 23.4 Å². The molecule has 2 amide bonds. The van der Waals surface area contributed by atoms with E-state index in [1.165, 1.54) is 0 Å². The molecule has 7 heteroatoms. The highest BCUT2D eigenvalue weighted by atomic mass is 35.5. The van der Waals surface area contributed by atoms with Gasteiger partial charge in [0, 0.05) is 34.7 Å². The lowest BCUT2D eigenvalue weighted by atomic mass is 10.1. The first-order chi connectivity index (χ1) is 14.3. The highest BCUT2D eigenvalue weighted by Crippen LogP contribution is 2.22. The first-order valence-electron chi connectivity index (χ1n) is 9.91. The van der Waals surface area contributed by atoms with Gasteiger partial charge in [-0.1, -0.05) is 23.7 Å². The van der Waals surface area contributed by atoms with Crippen LogP contribution in [0.5, 0.6) is 5.75 Å². The zero-order chi connectivity index (χ0) is 22.1. The maximum absolute atomic E-state index is 13.0. The van der Waals surface area contributed by atoms with Gasteiger partial charge in [0.2, 0.25) is 11.8 Å². The predicted molar refractivity (Wildman–Crippen MR) is 123 cm³/mol. The minimum absolute atomic E-state index is 0.0124. The second-order valence-electron chi connectivity index (χ2n) is 7.26. The van der Waals surface area contributed by atoms with E-state index in [-0.39, 0.29) is 17.9 Å². The largest absolute Gasteiger partial charge is 0.497 e. The van der Waals surface area contributed by atoms with Gasteiger partial charge >= 0.3 is 0 Å². The molecule has 30 heavy (non-hydrogen) atoms. The van der Waals surface area contributed by atoms with Crippen LogP contribution in [0, 0.1) is 0 Å². The molecule has 0 aliphatic carbocycles. The number of carbonyl (C=O) groups excluding carboxylic acids is 2. The number of methoxy groups -OCH3 is 1. The molecule has 2 aromatic carbocycles. The van der Waals surface area contributed by atoms with Gasteiger partial charge in [-0.3, -0.25) is 9.59 Å². The Balaban J connectivity index is 2.06. The van der Waals surface area contributed by atoms with Crippen LogP contribution in [-0.4, -0.2) is 41.7 Å². The normalized spacial score (nSPS) is 11.8. The van der Waals surface area contributed by atoms with E-state index in [1.54, 1.807) is 30.7 Å². The second kappa shape index (κ2) is 11.9. The highest BCUT2D eigenvalue weighted by molar-refractivity contribution is 7.99. The molecule has 1 N–H and O–H groups in total. The molecule has 0 bridgehead atoms. The maximum Gasteiger partial charge on any atom is 0.242 e. The van der Waals surface area contributed by atoms with Gasteiger partial charge in [-0.15, -0.1) is 11.8 Å². The Labute approximate surface area is 188 Å². The molecular formula is C23H29ClN2O3S. The zero-order valence-electron chi connectivity index (χ0n) is 17.9. The molecule has 2 aromatic rings. The summed E-state index contributed by atoms with van der Waals surface area (Å²) in [5.74, 6) is 1.16. The summed E-state index contributed by atoms with van der Waals surface area (Å²) in [4.78, 5) is 28.3. The quantitative estimate of drug-likeness (QED) is 0.532. The molecule has 0 aliphatic rings. The summed E-state index contributed by atoms with van der Waals surface area (Å²) in [6.07, 6.45) is 0.336. The number of thioether (sulfide) groups is 1. The third-order valence-electron chi connectivity index (χ3n) is 4.51. The molecule has 0 aromatic heterocycles. The number of carbonyl (C=O) groups is 2. The lowest BCUT2D eigenvalue weighted by Crippen LogP contribution is -2.49. The first-order valence-corrected chi connectivity index (χ1v) is 11.3. The zero-order valence-corrected chi connectivity index (χ0v) is 19.4. The number of rotatable bonds is 10. The van der Waals surface area contributed by atoms with E-state index >= 15 is 0 Å². The third-order valence-corrected chi connectivity index (χ3v) is 5.77. The summed E-state index contributed by atoms with van der Waals surface area (Å²) < 4.78 is 5.20. The van der Waals surface area contributed by atoms with Crippen LogP contribution in [0.3, 0.4) is 0 Å². The van der Waals surface area contributed by atoms with Gasteiger partial charge in [0.15, 0.2) is 0 Å². The van der Waals surface area contributed by atoms with E-state index in [4.69, 9.17) is 16.3 Å². The fraction of sp³-hybridized carbons (Fsp3) is 0.391. The summed E-state index contributed by atoms with van der Waals surface area (Å²) in [7, 11) is 1.61. The van der Waals surface area contributed by atoms with Crippen molar-refractivity contribution in [1.82, 2.24) is 10.2 Å². The van der Waals surface area contributed by atoms with Gasteiger partial charge < -0.3 is 15.0 Å². The summed E-state index contributed by atoms with van der Waals surface area (Å²) in [5, 5.41) is 3.58. The molecule has 5 nitrogen and oxygen atoms in total. The van der Waals surface area contributed by atoms with Crippen LogP contribution in [0.15, 0.2) is 53.4 Å². The molecule has 0 fully saturated rings. The van der Waals surface area contributed by atoms with Crippen molar-refractivity contribution >= 4 is 35.2 Å². The third kappa shape index (κ3) is 7.58. The number of nitrogens with one attached hydrogen (secondary N) is 1. The summed E-state index contributed by atoms with van der Waals surface area (Å²) in [6, 6.07) is 14.5. The van der Waals surface area contributed by atoms with E-state index < -0.39 is 6.04 Å². The molecule has 162 valence electrons. The summed E-state index contributed by atoms with van der Waals surface area (Å²) >= 11 is 7.51. The van der Waals surface area contributed by atoms with Gasteiger partial charge in [-0.25, -0.2) is 0 Å². The second-order valence-corrected chi connectivity index (χ2v) is 8.87. The van der Waals surface area contributed by atoms with Crippen LogP contribution in [0.1, 0.15) is 32.8 Å². The number of nitrogens with zero attached hydrogens (tertiary/aromatic N) is 1. The van der Waals surface area contributed by atoms with Crippen molar-refractivity contribution in [2.75, 3.05) is 12.9 Å². The average Bonchev–Trinajstić information content (AvgIpc) is 2.72. The molecule has 0 saturated carbocycles. The van der Waals surface area contributed by atoms with E-state index in [0.29, 0.717) is 23.7 Å². The van der Waals surface area contributed by atoms with Gasteiger partial charge in [0.1, 0.15) is 11.8 Å². The topological polar surface area (TPSA) is 58.6 Å². The number of halogens is 1. The molecule has 0 aliphatic heterocycles. The van der Waals surface area contributed by atoms with Gasteiger partial charge in [0.05, 0.1) is 7.11 Å². The van der Waals surface area contributed by atoms with Crippen molar-refractivity contribution in [2.24, 2.45) is 0 Å². The van der Waals surface area contributed by atoms with Crippen molar-refractivity contribution in [3.8, 4) is 5.75 Å². The van der Waals surface area contributed by atoms with Crippen LogP contribution in [-0.2, 0) is 16.1 Å². The van der Waals surface area contributed by atoms with Crippen LogP contribution in [0.25, 0.3) is 0 Å². The van der Waals surface area contributed by atoms with Crippen LogP contribution in [0.4, 0.5) is 0 Å². The molecule has 0 heterocycles.